The predicted molar refractivity (Wildman–Crippen MR) is 80.8 cm³/mol. The van der Waals surface area contributed by atoms with E-state index in [4.69, 9.17) is 23.2 Å². The summed E-state index contributed by atoms with van der Waals surface area (Å²) in [5.41, 5.74) is 1.69. The van der Waals surface area contributed by atoms with E-state index in [2.05, 4.69) is 15.3 Å². The molecule has 0 saturated carbocycles. The summed E-state index contributed by atoms with van der Waals surface area (Å²) in [6.45, 7) is 0. The van der Waals surface area contributed by atoms with E-state index < -0.39 is 0 Å². The molecule has 0 unspecified atom stereocenters. The predicted octanol–water partition coefficient (Wildman–Crippen LogP) is 3.10. The molecule has 2 rings (SSSR count). The number of anilines is 2. The Bertz CT molecular complexity index is 646. The number of nitrogens with zero attached hydrogens (tertiary/aromatic N) is 3. The van der Waals surface area contributed by atoms with Crippen molar-refractivity contribution in [1.29, 1.82) is 0 Å². The number of amides is 1. The van der Waals surface area contributed by atoms with Crippen LogP contribution in [0.25, 0.3) is 0 Å². The molecule has 1 amide bonds. The van der Waals surface area contributed by atoms with Crippen molar-refractivity contribution in [1.82, 2.24) is 9.97 Å². The number of pyridine rings is 2. The SMILES string of the molecule is CN(C)c1ccncc1NC(=O)c1cc(Cl)ncc1Cl. The van der Waals surface area contributed by atoms with Crippen LogP contribution in [-0.2, 0) is 0 Å². The topological polar surface area (TPSA) is 58.1 Å². The Hall–Kier alpha value is -1.85. The Kier molecular flexibility index (Phi) is 4.42. The molecule has 0 bridgehead atoms. The molecular formula is C13H12Cl2N4O. The molecule has 2 aromatic rings. The van der Waals surface area contributed by atoms with Gasteiger partial charge in [0.2, 0.25) is 0 Å². The van der Waals surface area contributed by atoms with Crippen molar-refractivity contribution in [3.8, 4) is 0 Å². The van der Waals surface area contributed by atoms with Crippen LogP contribution in [-0.4, -0.2) is 30.0 Å². The molecule has 0 aliphatic rings. The minimum Gasteiger partial charge on any atom is -0.376 e. The molecule has 0 aromatic carbocycles. The van der Waals surface area contributed by atoms with E-state index >= 15 is 0 Å². The maximum Gasteiger partial charge on any atom is 0.257 e. The average Bonchev–Trinajstić information content (AvgIpc) is 2.41. The second-order valence-corrected chi connectivity index (χ2v) is 5.02. The van der Waals surface area contributed by atoms with E-state index in [1.54, 1.807) is 18.5 Å². The Morgan fingerprint density at radius 1 is 1.30 bits per heavy atom. The molecule has 0 atom stereocenters. The number of halogens is 2. The first-order chi connectivity index (χ1) is 9.49. The standard InChI is InChI=1S/C13H12Cl2N4O/c1-19(2)11-3-4-16-7-10(11)18-13(20)8-5-12(15)17-6-9(8)14/h3-7H,1-2H3,(H,18,20). The summed E-state index contributed by atoms with van der Waals surface area (Å²) < 4.78 is 0. The fraction of sp³-hybridized carbons (Fsp3) is 0.154. The molecule has 0 saturated heterocycles. The molecule has 2 heterocycles. The van der Waals surface area contributed by atoms with Gasteiger partial charge in [-0.3, -0.25) is 9.78 Å². The van der Waals surface area contributed by atoms with Crippen LogP contribution in [0.4, 0.5) is 11.4 Å². The molecule has 0 radical (unpaired) electrons. The lowest BCUT2D eigenvalue weighted by Gasteiger charge is -2.17. The quantitative estimate of drug-likeness (QED) is 0.885. The first kappa shape index (κ1) is 14.6. The number of hydrogen-bond acceptors (Lipinski definition) is 4. The summed E-state index contributed by atoms with van der Waals surface area (Å²) in [5, 5.41) is 3.21. The first-order valence-electron chi connectivity index (χ1n) is 5.73. The number of rotatable bonds is 3. The molecule has 7 heteroatoms. The summed E-state index contributed by atoms with van der Waals surface area (Å²) in [5.74, 6) is -0.365. The zero-order valence-electron chi connectivity index (χ0n) is 10.9. The van der Waals surface area contributed by atoms with E-state index in [1.165, 1.54) is 12.3 Å². The summed E-state index contributed by atoms with van der Waals surface area (Å²) in [4.78, 5) is 21.9. The summed E-state index contributed by atoms with van der Waals surface area (Å²) in [6, 6.07) is 3.22. The van der Waals surface area contributed by atoms with Crippen LogP contribution in [0.2, 0.25) is 10.2 Å². The maximum atomic E-state index is 12.2. The summed E-state index contributed by atoms with van der Waals surface area (Å²) in [7, 11) is 3.75. The fourth-order valence-corrected chi connectivity index (χ4v) is 2.00. The van der Waals surface area contributed by atoms with Crippen LogP contribution in [0, 0.1) is 0 Å². The molecule has 0 aliphatic carbocycles. The number of aromatic nitrogens is 2. The lowest BCUT2D eigenvalue weighted by Crippen LogP contribution is -2.17. The van der Waals surface area contributed by atoms with Crippen LogP contribution in [0.1, 0.15) is 10.4 Å². The monoisotopic (exact) mass is 310 g/mol. The number of hydrogen-bond donors (Lipinski definition) is 1. The van der Waals surface area contributed by atoms with Crippen molar-refractivity contribution in [2.24, 2.45) is 0 Å². The second kappa shape index (κ2) is 6.07. The van der Waals surface area contributed by atoms with Gasteiger partial charge in [-0.15, -0.1) is 0 Å². The van der Waals surface area contributed by atoms with E-state index in [1.807, 2.05) is 19.0 Å². The molecule has 0 aliphatic heterocycles. The van der Waals surface area contributed by atoms with Gasteiger partial charge in [0.25, 0.3) is 5.91 Å². The van der Waals surface area contributed by atoms with E-state index in [9.17, 15) is 4.79 Å². The first-order valence-corrected chi connectivity index (χ1v) is 6.48. The van der Waals surface area contributed by atoms with Gasteiger partial charge in [-0.2, -0.15) is 0 Å². The average molecular weight is 311 g/mol. The third-order valence-electron chi connectivity index (χ3n) is 2.59. The Morgan fingerprint density at radius 2 is 2.05 bits per heavy atom. The zero-order chi connectivity index (χ0) is 14.7. The van der Waals surface area contributed by atoms with Crippen molar-refractivity contribution in [2.45, 2.75) is 0 Å². The Morgan fingerprint density at radius 3 is 2.75 bits per heavy atom. The largest absolute Gasteiger partial charge is 0.376 e. The molecule has 0 fully saturated rings. The molecule has 2 aromatic heterocycles. The Labute approximate surface area is 126 Å². The minimum absolute atomic E-state index is 0.207. The molecule has 20 heavy (non-hydrogen) atoms. The summed E-state index contributed by atoms with van der Waals surface area (Å²) >= 11 is 11.7. The molecule has 104 valence electrons. The highest BCUT2D eigenvalue weighted by Gasteiger charge is 2.14. The zero-order valence-corrected chi connectivity index (χ0v) is 12.4. The highest BCUT2D eigenvalue weighted by Crippen LogP contribution is 2.24. The minimum atomic E-state index is -0.365. The van der Waals surface area contributed by atoms with E-state index in [0.29, 0.717) is 5.69 Å². The second-order valence-electron chi connectivity index (χ2n) is 4.23. The van der Waals surface area contributed by atoms with Crippen LogP contribution in [0.15, 0.2) is 30.7 Å². The van der Waals surface area contributed by atoms with Crippen molar-refractivity contribution in [2.75, 3.05) is 24.3 Å². The van der Waals surface area contributed by atoms with Crippen LogP contribution < -0.4 is 10.2 Å². The van der Waals surface area contributed by atoms with Gasteiger partial charge in [-0.25, -0.2) is 4.98 Å². The van der Waals surface area contributed by atoms with Gasteiger partial charge in [-0.1, -0.05) is 23.2 Å². The van der Waals surface area contributed by atoms with Crippen molar-refractivity contribution in [3.63, 3.8) is 0 Å². The van der Waals surface area contributed by atoms with Crippen molar-refractivity contribution < 1.29 is 4.79 Å². The normalized spacial score (nSPS) is 10.2. The lowest BCUT2D eigenvalue weighted by atomic mass is 10.2. The smallest absolute Gasteiger partial charge is 0.257 e. The van der Waals surface area contributed by atoms with Gasteiger partial charge in [0.1, 0.15) is 5.15 Å². The lowest BCUT2D eigenvalue weighted by molar-refractivity contribution is 0.102. The van der Waals surface area contributed by atoms with Gasteiger partial charge in [0, 0.05) is 26.5 Å². The van der Waals surface area contributed by atoms with Gasteiger partial charge in [0.05, 0.1) is 28.2 Å². The van der Waals surface area contributed by atoms with Crippen molar-refractivity contribution >= 4 is 40.5 Å². The van der Waals surface area contributed by atoms with Gasteiger partial charge in [0.15, 0.2) is 0 Å². The maximum absolute atomic E-state index is 12.2. The van der Waals surface area contributed by atoms with Gasteiger partial charge < -0.3 is 10.2 Å². The van der Waals surface area contributed by atoms with Crippen molar-refractivity contribution in [3.05, 3.63) is 46.5 Å². The third-order valence-corrected chi connectivity index (χ3v) is 3.10. The van der Waals surface area contributed by atoms with E-state index in [-0.39, 0.29) is 21.6 Å². The van der Waals surface area contributed by atoms with Gasteiger partial charge in [-0.05, 0) is 12.1 Å². The highest BCUT2D eigenvalue weighted by atomic mass is 35.5. The number of nitrogens with one attached hydrogen (secondary N) is 1. The highest BCUT2D eigenvalue weighted by molar-refractivity contribution is 6.35. The molecular weight excluding hydrogens is 299 g/mol. The van der Waals surface area contributed by atoms with E-state index in [0.717, 1.165) is 5.69 Å². The van der Waals surface area contributed by atoms with Crippen LogP contribution in [0.5, 0.6) is 0 Å². The molecule has 0 spiro atoms. The summed E-state index contributed by atoms with van der Waals surface area (Å²) in [6.07, 6.45) is 4.57. The molecule has 5 nitrogen and oxygen atoms in total. The number of carbonyl (C=O) groups excluding carboxylic acids is 1. The molecule has 1 N–H and O–H groups in total. The van der Waals surface area contributed by atoms with Crippen LogP contribution >= 0.6 is 23.2 Å². The fourth-order valence-electron chi connectivity index (χ4n) is 1.65. The number of carbonyl (C=O) groups is 1. The third kappa shape index (κ3) is 3.18. The van der Waals surface area contributed by atoms with Crippen LogP contribution in [0.3, 0.4) is 0 Å². The Balaban J connectivity index is 2.31. The van der Waals surface area contributed by atoms with Gasteiger partial charge >= 0.3 is 0 Å².